The minimum Gasteiger partial charge on any atom is -0.455 e. The number of para-hydroxylation sites is 1. The summed E-state index contributed by atoms with van der Waals surface area (Å²) in [6.07, 6.45) is -7.63. The number of esters is 4. The van der Waals surface area contributed by atoms with E-state index in [1.165, 1.54) is 57.6 Å². The highest BCUT2D eigenvalue weighted by Crippen LogP contribution is 2.63. The first-order chi connectivity index (χ1) is 69.2. The second kappa shape index (κ2) is 50.1. The smallest absolute Gasteiger partial charge is 0.350 e. The van der Waals surface area contributed by atoms with Crippen molar-refractivity contribution in [3.05, 3.63) is 221 Å². The molecule has 5 aromatic carbocycles. The Kier molecular flexibility index (Phi) is 38.5. The van der Waals surface area contributed by atoms with E-state index in [0.717, 1.165) is 13.8 Å². The first-order valence-electron chi connectivity index (χ1n) is 49.2. The Hall–Kier alpha value is -14.2. The van der Waals surface area contributed by atoms with Gasteiger partial charge in [-0.15, -0.1) is 0 Å². The molecule has 39 nitrogen and oxygen atoms in total. The summed E-state index contributed by atoms with van der Waals surface area (Å²) < 4.78 is 37.8. The molecule has 2 aromatic heterocycles. The van der Waals surface area contributed by atoms with Crippen LogP contribution >= 0.6 is 0 Å². The molecule has 0 spiro atoms. The summed E-state index contributed by atoms with van der Waals surface area (Å²) in [5, 5.41) is 63.7. The van der Waals surface area contributed by atoms with E-state index in [0.29, 0.717) is 40.6 Å². The average molecular weight is 2020 g/mol. The number of nitrogens with one attached hydrogen (secondary N) is 11. The zero-order valence-electron chi connectivity index (χ0n) is 84.3. The molecule has 784 valence electrons. The number of carbonyl (C=O) groups excluding carboxylic acids is 16. The molecule has 4 aliphatic rings. The van der Waals surface area contributed by atoms with E-state index in [1.807, 2.05) is 27.7 Å². The van der Waals surface area contributed by atoms with Gasteiger partial charge in [0.05, 0.1) is 48.6 Å². The molecule has 3 heterocycles. The maximum atomic E-state index is 16.3. The van der Waals surface area contributed by atoms with E-state index in [2.05, 4.69) is 62.8 Å². The summed E-state index contributed by atoms with van der Waals surface area (Å²) >= 11 is 0. The summed E-state index contributed by atoms with van der Waals surface area (Å²) in [6.45, 7) is 19.6. The lowest BCUT2D eigenvalue weighted by Crippen LogP contribution is -2.77. The maximum Gasteiger partial charge on any atom is 0.350 e. The van der Waals surface area contributed by atoms with Crippen LogP contribution in [0.4, 0.5) is 0 Å². The first-order valence-corrected chi connectivity index (χ1v) is 49.2. The van der Waals surface area contributed by atoms with Crippen molar-refractivity contribution >= 4 is 106 Å². The number of Topliss-reactive ketones (excluding diaryl/α,β-unsaturated/α-hetero) is 1. The predicted molar refractivity (Wildman–Crippen MR) is 531 cm³/mol. The standard InChI is InChI=1S/C107H136N14O25/c1-58(2)45-69(94(109)130)41-42-71(46-59(3)4)115-99(135)78(49-72-54-110-57-113-72)117-85(127)55-112-101(137)88(60(5)6)120-95(131)62(8)114-98(134)77(48-70-53-111-74-38-27-26-37-73(70)74)119-97(133)75(43-44-83(108)125)118-100(136)76(47-65-29-18-14-19-30-65)116-84(126)39-28-40-86(128)145-91(89(66-31-20-15-21-32-66)121-96(132)67-33-22-16-23-34-67)103(139)143-79-51-106(140)52-80(144-102(138)68-35-24-17-25-36-68)92-105(13,81(124)50-82-107(92,56-141-82)146-64(10)123)93(129)90(142-63(9)122)87(61(79)7)104(106,11)12/h14-27,29-38,41-42,53-54,57-60,62,69,71,75-82,88-92,102,111,124,138,140H,28,39-40,43-52,55-56H2,1-13H3,(H2,108,125)(H2,109,130)(H,110,113)(H,112,137)(H,114,134)(H,115,135)(H,116,126)(H,117,127)(H,118,136)(H,119,133)(H,120,131)(H,121,132)/b42-41+/t62-,69-,71+,75-,76-,77-,78-,79-,80+,81-,82+,88-,89+,90+,91+,92?,102?,105+,106+,107-/m0/s1. The Morgan fingerprint density at radius 3 is 1.82 bits per heavy atom. The molecule has 1 aliphatic heterocycles. The van der Waals surface area contributed by atoms with Gasteiger partial charge in [0, 0.05) is 129 Å². The molecule has 1 saturated heterocycles. The van der Waals surface area contributed by atoms with Gasteiger partial charge in [-0.25, -0.2) is 9.78 Å². The van der Waals surface area contributed by atoms with Crippen LogP contribution in [0.2, 0.25) is 0 Å². The summed E-state index contributed by atoms with van der Waals surface area (Å²) in [7, 11) is 0. The summed E-state index contributed by atoms with van der Waals surface area (Å²) in [5.74, 6) is -16.8. The van der Waals surface area contributed by atoms with Crippen LogP contribution in [0.25, 0.3) is 10.9 Å². The quantitative estimate of drug-likeness (QED) is 0.00922. The number of fused-ring (bicyclic) bond motifs is 6. The lowest BCUT2D eigenvalue weighted by atomic mass is 9.52. The molecule has 3 fully saturated rings. The van der Waals surface area contributed by atoms with E-state index in [9.17, 15) is 72.9 Å². The largest absolute Gasteiger partial charge is 0.455 e. The minimum absolute atomic E-state index is 0.0427. The third kappa shape index (κ3) is 28.3. The molecule has 11 amide bonds. The molecule has 20 atom stereocenters. The van der Waals surface area contributed by atoms with E-state index in [1.54, 1.807) is 167 Å². The van der Waals surface area contributed by atoms with Crippen molar-refractivity contribution in [2.24, 2.45) is 51.9 Å². The van der Waals surface area contributed by atoms with Crippen LogP contribution in [0.5, 0.6) is 0 Å². The Bertz CT molecular complexity index is 5880. The molecule has 146 heavy (non-hydrogen) atoms. The van der Waals surface area contributed by atoms with Crippen LogP contribution in [0.1, 0.15) is 205 Å². The maximum absolute atomic E-state index is 16.3. The lowest BCUT2D eigenvalue weighted by molar-refractivity contribution is -0.342. The Labute approximate surface area is 846 Å². The number of aliphatic hydroxyl groups is 3. The number of nitrogens with zero attached hydrogens (tertiary/aromatic N) is 1. The van der Waals surface area contributed by atoms with Gasteiger partial charge in [-0.2, -0.15) is 0 Å². The van der Waals surface area contributed by atoms with Gasteiger partial charge in [-0.05, 0) is 110 Å². The van der Waals surface area contributed by atoms with Crippen LogP contribution in [-0.4, -0.2) is 228 Å². The Morgan fingerprint density at radius 1 is 0.616 bits per heavy atom. The number of aromatic nitrogens is 3. The van der Waals surface area contributed by atoms with Gasteiger partial charge in [0.15, 0.2) is 23.8 Å². The molecule has 18 N–H and O–H groups in total. The Balaban J connectivity index is 0.809. The number of H-pyrrole nitrogens is 2. The van der Waals surface area contributed by atoms with Crippen LogP contribution in [0, 0.1) is 40.4 Å². The number of ketones is 1. The fraction of sp³-hybridized carbons (Fsp3) is 0.486. The van der Waals surface area contributed by atoms with Crippen LogP contribution in [0.15, 0.2) is 188 Å². The van der Waals surface area contributed by atoms with Crippen molar-refractivity contribution in [1.29, 1.82) is 0 Å². The number of ether oxygens (including phenoxy) is 6. The number of rotatable bonds is 48. The lowest BCUT2D eigenvalue weighted by Gasteiger charge is -2.63. The normalized spacial score (nSPS) is 22.2. The molecule has 39 heteroatoms. The molecule has 2 saturated carbocycles. The number of hydrogen-bond acceptors (Lipinski definition) is 26. The molecular formula is C107H136N14O25. The SMILES string of the molecule is CC(=O)O[C@H]1C(=O)[C@@]2(C)C([C@H](OC(O)c3ccccc3)C[C@]3(O)C[C@H](OC(=O)[C@H](OC(=O)CCCC(=O)N[C@@H](Cc4ccccc4)C(=O)N[C@@H](CCC(N)=O)C(=O)N[C@@H](Cc4c[nH]c5ccccc45)C(=O)N[C@@H](C)C(=O)N[C@H](C(=O)NCC(=O)N[C@@H](Cc4cnc[nH]4)C(=O)N[C@H](/C=C/[C@@H](CC(C)C)C(N)=O)CC(C)C)C(C)C)[C@H](NC(=O)c4ccccc4)c4ccccc4)C(C)=C1C3(C)C)[C@]1(OC(C)=O)CO[C@@H]1C[C@@H]2O. The highest BCUT2D eigenvalue weighted by Gasteiger charge is 2.75. The van der Waals surface area contributed by atoms with Crippen molar-refractivity contribution < 1.29 is 120 Å². The molecule has 7 aromatic rings. The summed E-state index contributed by atoms with van der Waals surface area (Å²) in [4.78, 5) is 240. The zero-order valence-corrected chi connectivity index (χ0v) is 84.3. The summed E-state index contributed by atoms with van der Waals surface area (Å²) in [5.41, 5.74) is 6.13. The number of nitrogens with two attached hydrogens (primary N) is 2. The van der Waals surface area contributed by atoms with Gasteiger partial charge in [0.2, 0.25) is 65.2 Å². The van der Waals surface area contributed by atoms with Crippen molar-refractivity contribution in [3.8, 4) is 0 Å². The molecule has 2 unspecified atom stereocenters. The zero-order chi connectivity index (χ0) is 106. The van der Waals surface area contributed by atoms with Gasteiger partial charge in [0.1, 0.15) is 54.5 Å². The van der Waals surface area contributed by atoms with Gasteiger partial charge >= 0.3 is 23.9 Å². The highest BCUT2D eigenvalue weighted by atomic mass is 16.6. The monoisotopic (exact) mass is 2020 g/mol. The Morgan fingerprint density at radius 2 is 1.21 bits per heavy atom. The first kappa shape index (κ1) is 112. The highest BCUT2D eigenvalue weighted by molar-refractivity contribution is 6.00. The fourth-order valence-electron chi connectivity index (χ4n) is 19.9. The molecular weight excluding hydrogens is 1880 g/mol. The van der Waals surface area contributed by atoms with Gasteiger partial charge < -0.3 is 113 Å². The molecule has 0 radical (unpaired) electrons. The predicted octanol–water partition coefficient (Wildman–Crippen LogP) is 5.83. The number of aromatic amines is 2. The minimum atomic E-state index is -2.30. The van der Waals surface area contributed by atoms with Crippen molar-refractivity contribution in [3.63, 3.8) is 0 Å². The van der Waals surface area contributed by atoms with Crippen LogP contribution < -0.4 is 59.3 Å². The van der Waals surface area contributed by atoms with E-state index < -0.39 is 271 Å². The molecule has 2 bridgehead atoms. The third-order valence-corrected chi connectivity index (χ3v) is 27.6. The second-order valence-corrected chi connectivity index (χ2v) is 40.1. The number of primary amides is 2. The number of carbonyl (C=O) groups is 16. The van der Waals surface area contributed by atoms with E-state index >= 15 is 19.2 Å². The van der Waals surface area contributed by atoms with Gasteiger partial charge in [-0.3, -0.25) is 71.9 Å². The topological polar surface area (TPSA) is 594 Å². The number of aliphatic hydroxyl groups excluding tert-OH is 2. The third-order valence-electron chi connectivity index (χ3n) is 27.6. The van der Waals surface area contributed by atoms with Crippen LogP contribution in [0.3, 0.4) is 0 Å². The van der Waals surface area contributed by atoms with Gasteiger partial charge in [-0.1, -0.05) is 195 Å². The second-order valence-electron chi connectivity index (χ2n) is 40.1. The van der Waals surface area contributed by atoms with E-state index in [-0.39, 0.29) is 78.4 Å². The summed E-state index contributed by atoms with van der Waals surface area (Å²) in [6, 6.07) is 28.2. The molecule has 11 rings (SSSR count). The van der Waals surface area contributed by atoms with Crippen molar-refractivity contribution in [2.75, 3.05) is 13.2 Å². The van der Waals surface area contributed by atoms with E-state index in [4.69, 9.17) is 39.9 Å². The number of hydrogen-bond donors (Lipinski definition) is 16. The van der Waals surface area contributed by atoms with Crippen molar-refractivity contribution in [2.45, 2.75) is 276 Å². The molecule has 3 aliphatic carbocycles. The van der Waals surface area contributed by atoms with Crippen LogP contribution in [-0.2, 0) is 120 Å². The average Bonchev–Trinajstić information content (AvgIpc) is 1.59. The number of imidazole rings is 1. The van der Waals surface area contributed by atoms with Crippen molar-refractivity contribution in [1.82, 2.24) is 62.8 Å². The van der Waals surface area contributed by atoms with Gasteiger partial charge in [0.25, 0.3) is 5.91 Å². The fourth-order valence-corrected chi connectivity index (χ4v) is 19.9. The number of amides is 11. The number of benzene rings is 5.